The lowest BCUT2D eigenvalue weighted by molar-refractivity contribution is -0.123. The van der Waals surface area contributed by atoms with Crippen molar-refractivity contribution in [2.24, 2.45) is 5.41 Å². The molecule has 0 aliphatic heterocycles. The van der Waals surface area contributed by atoms with Crippen LogP contribution in [0.4, 0.5) is 5.95 Å². The lowest BCUT2D eigenvalue weighted by Gasteiger charge is -2.17. The van der Waals surface area contributed by atoms with Gasteiger partial charge < -0.3 is 14.4 Å². The van der Waals surface area contributed by atoms with Crippen molar-refractivity contribution in [3.63, 3.8) is 0 Å². The van der Waals surface area contributed by atoms with E-state index < -0.39 is 5.41 Å². The average molecular weight is 470 g/mol. The number of hydrogen-bond donors (Lipinski definition) is 2. The van der Waals surface area contributed by atoms with E-state index in [1.807, 2.05) is 24.6 Å². The summed E-state index contributed by atoms with van der Waals surface area (Å²) in [6.07, 6.45) is 3.94. The Balaban J connectivity index is 2.15. The Morgan fingerprint density at radius 1 is 1.30 bits per heavy atom. The van der Waals surface area contributed by atoms with E-state index in [4.69, 9.17) is 21.4 Å². The fraction of sp³-hybridized carbons (Fsp3) is 0.417. The summed E-state index contributed by atoms with van der Waals surface area (Å²) in [5, 5.41) is 12.6. The van der Waals surface area contributed by atoms with E-state index in [1.165, 1.54) is 0 Å². The second kappa shape index (κ2) is 9.77. The highest BCUT2D eigenvalue weighted by atomic mass is 35.5. The molecule has 0 aliphatic rings. The molecule has 33 heavy (non-hydrogen) atoms. The Labute approximate surface area is 198 Å². The van der Waals surface area contributed by atoms with E-state index in [1.54, 1.807) is 34.1 Å². The summed E-state index contributed by atoms with van der Waals surface area (Å²) < 4.78 is 7.41. The zero-order valence-electron chi connectivity index (χ0n) is 19.7. The number of hydrogen-bond acceptors (Lipinski definition) is 6. The Kier molecular flexibility index (Phi) is 7.25. The van der Waals surface area contributed by atoms with Crippen LogP contribution in [0.5, 0.6) is 5.75 Å². The number of amides is 1. The summed E-state index contributed by atoms with van der Waals surface area (Å²) in [7, 11) is 1.64. The lowest BCUT2D eigenvalue weighted by Crippen LogP contribution is -2.28. The summed E-state index contributed by atoms with van der Waals surface area (Å²) in [4.78, 5) is 25.9. The number of halogens is 1. The van der Waals surface area contributed by atoms with Gasteiger partial charge in [-0.1, -0.05) is 44.2 Å². The van der Waals surface area contributed by atoms with Crippen molar-refractivity contribution in [1.29, 1.82) is 0 Å². The van der Waals surface area contributed by atoms with Crippen LogP contribution in [0.1, 0.15) is 49.6 Å². The first kappa shape index (κ1) is 24.5. The number of anilines is 1. The van der Waals surface area contributed by atoms with Gasteiger partial charge in [0, 0.05) is 35.4 Å². The molecule has 0 bridgehead atoms. The summed E-state index contributed by atoms with van der Waals surface area (Å²) in [6, 6.07) is 0. The van der Waals surface area contributed by atoms with Crippen molar-refractivity contribution >= 4 is 34.5 Å². The van der Waals surface area contributed by atoms with Gasteiger partial charge in [0.25, 0.3) is 0 Å². The van der Waals surface area contributed by atoms with Crippen LogP contribution in [-0.4, -0.2) is 44.2 Å². The molecular formula is C24H28ClN5O3. The zero-order chi connectivity index (χ0) is 24.3. The molecule has 3 heterocycles. The Morgan fingerprint density at radius 3 is 2.67 bits per heavy atom. The highest BCUT2D eigenvalue weighted by molar-refractivity contribution is 6.34. The standard InChI is InChI=1S/C24H28ClN5O3/c1-14-11-26-17(15(2)19(14)33-6)13-30-12-16(9-7-8-10-31)18-20(25)27-23(28-21(18)30)29-22(32)24(3,4)5/h11-12,31H,8,10,13H2,1-6H3,(H,27,28,29,32). The first-order valence-corrected chi connectivity index (χ1v) is 10.9. The van der Waals surface area contributed by atoms with Crippen molar-refractivity contribution < 1.29 is 14.6 Å². The number of methoxy groups -OCH3 is 1. The van der Waals surface area contributed by atoms with Gasteiger partial charge in [0.2, 0.25) is 11.9 Å². The number of nitrogens with one attached hydrogen (secondary N) is 1. The van der Waals surface area contributed by atoms with Crippen LogP contribution in [0.15, 0.2) is 12.4 Å². The predicted molar refractivity (Wildman–Crippen MR) is 129 cm³/mol. The highest BCUT2D eigenvalue weighted by Crippen LogP contribution is 2.30. The monoisotopic (exact) mass is 469 g/mol. The molecule has 3 rings (SSSR count). The van der Waals surface area contributed by atoms with E-state index in [9.17, 15) is 4.79 Å². The smallest absolute Gasteiger partial charge is 0.232 e. The van der Waals surface area contributed by atoms with Crippen molar-refractivity contribution in [3.8, 4) is 17.6 Å². The molecule has 0 radical (unpaired) electrons. The molecule has 8 nitrogen and oxygen atoms in total. The molecule has 174 valence electrons. The van der Waals surface area contributed by atoms with Crippen LogP contribution in [0.3, 0.4) is 0 Å². The number of aromatic nitrogens is 4. The molecule has 2 N–H and O–H groups in total. The van der Waals surface area contributed by atoms with Crippen LogP contribution in [0.2, 0.25) is 5.15 Å². The van der Waals surface area contributed by atoms with Crippen LogP contribution in [0.25, 0.3) is 11.0 Å². The van der Waals surface area contributed by atoms with Gasteiger partial charge >= 0.3 is 0 Å². The number of aliphatic hydroxyl groups excluding tert-OH is 1. The van der Waals surface area contributed by atoms with E-state index in [2.05, 4.69) is 32.1 Å². The molecule has 0 fully saturated rings. The van der Waals surface area contributed by atoms with Gasteiger partial charge in [0.15, 0.2) is 0 Å². The molecule has 0 unspecified atom stereocenters. The quantitative estimate of drug-likeness (QED) is 0.434. The maximum atomic E-state index is 12.5. The van der Waals surface area contributed by atoms with Crippen molar-refractivity contribution in [3.05, 3.63) is 39.9 Å². The molecular weight excluding hydrogens is 442 g/mol. The average Bonchev–Trinajstić information content (AvgIpc) is 3.08. The zero-order valence-corrected chi connectivity index (χ0v) is 20.5. The fourth-order valence-corrected chi connectivity index (χ4v) is 3.58. The van der Waals surface area contributed by atoms with Crippen LogP contribution < -0.4 is 10.1 Å². The van der Waals surface area contributed by atoms with Gasteiger partial charge in [-0.05, 0) is 13.8 Å². The van der Waals surface area contributed by atoms with Gasteiger partial charge in [-0.3, -0.25) is 15.1 Å². The number of aryl methyl sites for hydroxylation is 1. The number of aliphatic hydroxyl groups is 1. The maximum Gasteiger partial charge on any atom is 0.232 e. The van der Waals surface area contributed by atoms with E-state index in [0.717, 1.165) is 22.6 Å². The second-order valence-corrected chi connectivity index (χ2v) is 9.09. The van der Waals surface area contributed by atoms with Crippen molar-refractivity contribution in [1.82, 2.24) is 19.5 Å². The molecule has 0 aromatic carbocycles. The number of pyridine rings is 1. The first-order chi connectivity index (χ1) is 15.6. The van der Waals surface area contributed by atoms with E-state index >= 15 is 0 Å². The number of fused-ring (bicyclic) bond motifs is 1. The third-order valence-electron chi connectivity index (χ3n) is 5.11. The lowest BCUT2D eigenvalue weighted by atomic mass is 9.96. The molecule has 3 aromatic rings. The third kappa shape index (κ3) is 5.27. The number of nitrogens with zero attached hydrogens (tertiary/aromatic N) is 4. The summed E-state index contributed by atoms with van der Waals surface area (Å²) in [5.41, 5.74) is 3.21. The summed E-state index contributed by atoms with van der Waals surface area (Å²) in [6.45, 7) is 9.67. The topological polar surface area (TPSA) is 102 Å². The van der Waals surface area contributed by atoms with Gasteiger partial charge in [-0.2, -0.15) is 9.97 Å². The van der Waals surface area contributed by atoms with E-state index in [-0.39, 0.29) is 23.6 Å². The Morgan fingerprint density at radius 2 is 2.03 bits per heavy atom. The molecule has 0 saturated heterocycles. The molecule has 0 atom stereocenters. The number of ether oxygens (including phenoxy) is 1. The number of carbonyl (C=O) groups is 1. The normalized spacial score (nSPS) is 11.3. The predicted octanol–water partition coefficient (Wildman–Crippen LogP) is 3.87. The van der Waals surface area contributed by atoms with E-state index in [0.29, 0.717) is 29.6 Å². The third-order valence-corrected chi connectivity index (χ3v) is 5.38. The fourth-order valence-electron chi connectivity index (χ4n) is 3.31. The minimum Gasteiger partial charge on any atom is -0.496 e. The molecule has 1 amide bonds. The van der Waals surface area contributed by atoms with Gasteiger partial charge in [0.1, 0.15) is 16.5 Å². The minimum absolute atomic E-state index is 0.0366. The van der Waals surface area contributed by atoms with Gasteiger partial charge in [-0.15, -0.1) is 0 Å². The molecule has 9 heteroatoms. The number of rotatable bonds is 5. The maximum absolute atomic E-state index is 12.5. The Hall–Kier alpha value is -3.15. The SMILES string of the molecule is COc1c(C)cnc(Cn2cc(C#CCCO)c3c(Cl)nc(NC(=O)C(C)(C)C)nc32)c1C. The van der Waals surface area contributed by atoms with Gasteiger partial charge in [0.05, 0.1) is 36.9 Å². The second-order valence-electron chi connectivity index (χ2n) is 8.73. The first-order valence-electron chi connectivity index (χ1n) is 10.5. The van der Waals surface area contributed by atoms with Crippen LogP contribution in [0, 0.1) is 31.1 Å². The molecule has 3 aromatic heterocycles. The van der Waals surface area contributed by atoms with Gasteiger partial charge in [-0.25, -0.2) is 0 Å². The van der Waals surface area contributed by atoms with Crippen LogP contribution in [-0.2, 0) is 11.3 Å². The highest BCUT2D eigenvalue weighted by Gasteiger charge is 2.24. The molecule has 0 spiro atoms. The largest absolute Gasteiger partial charge is 0.496 e. The molecule has 0 saturated carbocycles. The summed E-state index contributed by atoms with van der Waals surface area (Å²) >= 11 is 6.53. The van der Waals surface area contributed by atoms with Crippen molar-refractivity contribution in [2.45, 2.75) is 47.6 Å². The molecule has 0 aliphatic carbocycles. The Bertz CT molecular complexity index is 1270. The summed E-state index contributed by atoms with van der Waals surface area (Å²) in [5.74, 6) is 6.64. The number of carbonyl (C=O) groups excluding carboxylic acids is 1. The van der Waals surface area contributed by atoms with Crippen LogP contribution >= 0.6 is 11.6 Å². The van der Waals surface area contributed by atoms with Crippen molar-refractivity contribution in [2.75, 3.05) is 19.0 Å². The minimum atomic E-state index is -0.618.